The van der Waals surface area contributed by atoms with Gasteiger partial charge in [-0.15, -0.1) is 24.0 Å². The highest BCUT2D eigenvalue weighted by atomic mass is 127. The molecule has 2 aliphatic rings. The summed E-state index contributed by atoms with van der Waals surface area (Å²) in [6.07, 6.45) is 2.55. The first-order valence-corrected chi connectivity index (χ1v) is 7.53. The van der Waals surface area contributed by atoms with Crippen LogP contribution in [-0.2, 0) is 4.74 Å². The number of nitrogens with two attached hydrogens (primary N) is 1. The summed E-state index contributed by atoms with van der Waals surface area (Å²) in [5.41, 5.74) is 6.08. The number of ether oxygens (including phenoxy) is 1. The van der Waals surface area contributed by atoms with Gasteiger partial charge < -0.3 is 15.4 Å². The van der Waals surface area contributed by atoms with Crippen molar-refractivity contribution in [2.24, 2.45) is 16.6 Å². The van der Waals surface area contributed by atoms with Crippen LogP contribution in [0.1, 0.15) is 26.7 Å². The number of hydrogen-bond acceptors (Lipinski definition) is 3. The van der Waals surface area contributed by atoms with E-state index in [9.17, 15) is 0 Å². The highest BCUT2D eigenvalue weighted by Crippen LogP contribution is 2.18. The molecule has 118 valence electrons. The van der Waals surface area contributed by atoms with E-state index in [4.69, 9.17) is 10.5 Å². The summed E-state index contributed by atoms with van der Waals surface area (Å²) in [5.74, 6) is 1.42. The molecule has 0 spiro atoms. The maximum absolute atomic E-state index is 6.08. The Morgan fingerprint density at radius 3 is 2.65 bits per heavy atom. The molecule has 0 unspecified atom stereocenters. The second-order valence-electron chi connectivity index (χ2n) is 5.98. The van der Waals surface area contributed by atoms with Crippen molar-refractivity contribution < 1.29 is 4.74 Å². The molecule has 2 aliphatic heterocycles. The van der Waals surface area contributed by atoms with Gasteiger partial charge in [-0.05, 0) is 25.3 Å². The van der Waals surface area contributed by atoms with E-state index in [2.05, 4.69) is 28.6 Å². The summed E-state index contributed by atoms with van der Waals surface area (Å²) in [6.45, 7) is 11.1. The average Bonchev–Trinajstić information content (AvgIpc) is 2.83. The molecule has 0 saturated carbocycles. The van der Waals surface area contributed by atoms with Crippen molar-refractivity contribution >= 4 is 29.9 Å². The fraction of sp³-hybridized carbons (Fsp3) is 0.929. The Morgan fingerprint density at radius 1 is 1.30 bits per heavy atom. The lowest BCUT2D eigenvalue weighted by Crippen LogP contribution is -2.45. The zero-order valence-corrected chi connectivity index (χ0v) is 15.1. The van der Waals surface area contributed by atoms with Crippen LogP contribution in [0.5, 0.6) is 0 Å². The zero-order chi connectivity index (χ0) is 13.7. The molecule has 0 aromatic carbocycles. The SMILES string of the molecule is CC(C)CN1CCC[C@H]1CN=C(N)N1CCOCC1.I. The fourth-order valence-electron chi connectivity index (χ4n) is 2.90. The van der Waals surface area contributed by atoms with E-state index in [0.717, 1.165) is 38.8 Å². The monoisotopic (exact) mass is 396 g/mol. The molecule has 2 saturated heterocycles. The van der Waals surface area contributed by atoms with Gasteiger partial charge in [-0.1, -0.05) is 13.8 Å². The molecule has 20 heavy (non-hydrogen) atoms. The minimum atomic E-state index is 0. The summed E-state index contributed by atoms with van der Waals surface area (Å²) in [4.78, 5) is 9.31. The average molecular weight is 396 g/mol. The van der Waals surface area contributed by atoms with E-state index in [1.165, 1.54) is 25.9 Å². The summed E-state index contributed by atoms with van der Waals surface area (Å²) < 4.78 is 5.33. The molecular weight excluding hydrogens is 367 g/mol. The summed E-state index contributed by atoms with van der Waals surface area (Å²) >= 11 is 0. The van der Waals surface area contributed by atoms with Gasteiger partial charge in [0.1, 0.15) is 0 Å². The minimum Gasteiger partial charge on any atom is -0.378 e. The number of aliphatic imine (C=N–C) groups is 1. The highest BCUT2D eigenvalue weighted by molar-refractivity contribution is 14.0. The van der Waals surface area contributed by atoms with Gasteiger partial charge in [-0.25, -0.2) is 0 Å². The van der Waals surface area contributed by atoms with Crippen LogP contribution in [0.2, 0.25) is 0 Å². The standard InChI is InChI=1S/C14H28N4O.HI/c1-12(2)11-18-5-3-4-13(18)10-16-14(15)17-6-8-19-9-7-17;/h12-13H,3-11H2,1-2H3,(H2,15,16);1H/t13-;/m0./s1. The molecule has 0 aromatic rings. The molecule has 2 N–H and O–H groups in total. The van der Waals surface area contributed by atoms with E-state index >= 15 is 0 Å². The van der Waals surface area contributed by atoms with Gasteiger partial charge in [0, 0.05) is 25.7 Å². The van der Waals surface area contributed by atoms with Crippen molar-refractivity contribution in [2.45, 2.75) is 32.7 Å². The van der Waals surface area contributed by atoms with E-state index in [1.807, 2.05) is 0 Å². The summed E-state index contributed by atoms with van der Waals surface area (Å²) in [5, 5.41) is 0. The van der Waals surface area contributed by atoms with E-state index < -0.39 is 0 Å². The molecule has 2 rings (SSSR count). The molecule has 0 bridgehead atoms. The largest absolute Gasteiger partial charge is 0.378 e. The van der Waals surface area contributed by atoms with Crippen LogP contribution in [0.4, 0.5) is 0 Å². The van der Waals surface area contributed by atoms with Crippen molar-refractivity contribution in [1.29, 1.82) is 0 Å². The van der Waals surface area contributed by atoms with Crippen molar-refractivity contribution in [1.82, 2.24) is 9.80 Å². The Balaban J connectivity index is 0.00000200. The Labute approximate surface area is 139 Å². The van der Waals surface area contributed by atoms with E-state index in [0.29, 0.717) is 12.0 Å². The maximum atomic E-state index is 6.08. The molecule has 1 atom stereocenters. The summed E-state index contributed by atoms with van der Waals surface area (Å²) in [6, 6.07) is 0.585. The van der Waals surface area contributed by atoms with E-state index in [-0.39, 0.29) is 24.0 Å². The first-order valence-electron chi connectivity index (χ1n) is 7.53. The third-order valence-electron chi connectivity index (χ3n) is 3.90. The van der Waals surface area contributed by atoms with E-state index in [1.54, 1.807) is 0 Å². The van der Waals surface area contributed by atoms with Crippen molar-refractivity contribution in [2.75, 3.05) is 45.9 Å². The number of rotatable bonds is 4. The topological polar surface area (TPSA) is 54.1 Å². The highest BCUT2D eigenvalue weighted by Gasteiger charge is 2.24. The Hall–Kier alpha value is -0.0800. The number of morpholine rings is 1. The third-order valence-corrected chi connectivity index (χ3v) is 3.90. The van der Waals surface area contributed by atoms with Crippen LogP contribution in [0.15, 0.2) is 4.99 Å². The second-order valence-corrected chi connectivity index (χ2v) is 5.98. The number of halogens is 1. The Kier molecular flexibility index (Phi) is 8.13. The van der Waals surface area contributed by atoms with Crippen LogP contribution < -0.4 is 5.73 Å². The smallest absolute Gasteiger partial charge is 0.191 e. The van der Waals surface area contributed by atoms with Crippen molar-refractivity contribution in [3.05, 3.63) is 0 Å². The molecule has 0 amide bonds. The molecule has 0 radical (unpaired) electrons. The van der Waals surface area contributed by atoms with Crippen LogP contribution in [0.25, 0.3) is 0 Å². The van der Waals surface area contributed by atoms with Gasteiger partial charge >= 0.3 is 0 Å². The van der Waals surface area contributed by atoms with Gasteiger partial charge in [-0.3, -0.25) is 9.89 Å². The predicted molar refractivity (Wildman–Crippen MR) is 93.7 cm³/mol. The number of hydrogen-bond donors (Lipinski definition) is 1. The molecule has 2 heterocycles. The lowest BCUT2D eigenvalue weighted by Gasteiger charge is -2.29. The first kappa shape index (κ1) is 18.0. The number of guanidine groups is 1. The molecule has 0 aliphatic carbocycles. The number of likely N-dealkylation sites (tertiary alicyclic amines) is 1. The van der Waals surface area contributed by atoms with Gasteiger partial charge in [0.05, 0.1) is 19.8 Å². The first-order chi connectivity index (χ1) is 9.16. The Morgan fingerprint density at radius 2 is 2.00 bits per heavy atom. The summed E-state index contributed by atoms with van der Waals surface area (Å²) in [7, 11) is 0. The molecular formula is C14H29IN4O. The minimum absolute atomic E-state index is 0. The van der Waals surface area contributed by atoms with Gasteiger partial charge in [0.2, 0.25) is 0 Å². The second kappa shape index (κ2) is 9.04. The van der Waals surface area contributed by atoms with Crippen molar-refractivity contribution in [3.8, 4) is 0 Å². The lowest BCUT2D eigenvalue weighted by molar-refractivity contribution is 0.0673. The van der Waals surface area contributed by atoms with Gasteiger partial charge in [-0.2, -0.15) is 0 Å². The van der Waals surface area contributed by atoms with Gasteiger partial charge in [0.25, 0.3) is 0 Å². The molecule has 0 aromatic heterocycles. The predicted octanol–water partition coefficient (Wildman–Crippen LogP) is 1.37. The number of nitrogens with zero attached hydrogens (tertiary/aromatic N) is 3. The molecule has 6 heteroatoms. The normalized spacial score (nSPS) is 25.1. The quantitative estimate of drug-likeness (QED) is 0.443. The van der Waals surface area contributed by atoms with Crippen LogP contribution >= 0.6 is 24.0 Å². The van der Waals surface area contributed by atoms with Gasteiger partial charge in [0.15, 0.2) is 5.96 Å². The fourth-order valence-corrected chi connectivity index (χ4v) is 2.90. The van der Waals surface area contributed by atoms with Crippen LogP contribution in [-0.4, -0.2) is 67.7 Å². The zero-order valence-electron chi connectivity index (χ0n) is 12.8. The Bertz CT molecular complexity index is 306. The molecule has 2 fully saturated rings. The third kappa shape index (κ3) is 5.37. The van der Waals surface area contributed by atoms with Crippen LogP contribution in [0, 0.1) is 5.92 Å². The lowest BCUT2D eigenvalue weighted by atomic mass is 10.2. The maximum Gasteiger partial charge on any atom is 0.191 e. The van der Waals surface area contributed by atoms with Crippen molar-refractivity contribution in [3.63, 3.8) is 0 Å². The molecule has 5 nitrogen and oxygen atoms in total. The van der Waals surface area contributed by atoms with Crippen LogP contribution in [0.3, 0.4) is 0 Å².